The molecule has 2 saturated heterocycles. The molecule has 3 atom stereocenters. The van der Waals surface area contributed by atoms with Crippen molar-refractivity contribution in [1.29, 1.82) is 0 Å². The average molecular weight is 424 g/mol. The van der Waals surface area contributed by atoms with E-state index < -0.39 is 0 Å². The van der Waals surface area contributed by atoms with E-state index in [9.17, 15) is 4.79 Å². The van der Waals surface area contributed by atoms with Gasteiger partial charge in [-0.2, -0.15) is 0 Å². The number of carbonyl (C=O) groups is 1. The van der Waals surface area contributed by atoms with Crippen LogP contribution < -0.4 is 10.1 Å². The number of halogens is 2. The predicted octanol–water partition coefficient (Wildman–Crippen LogP) is 3.29. The molecule has 1 aromatic carbocycles. The number of nitrogens with one attached hydrogen (secondary N) is 1. The van der Waals surface area contributed by atoms with E-state index in [1.165, 1.54) is 5.56 Å². The monoisotopic (exact) mass is 423 g/mol. The number of pyridine rings is 1. The van der Waals surface area contributed by atoms with Gasteiger partial charge in [0, 0.05) is 44.4 Å². The zero-order valence-electron chi connectivity index (χ0n) is 15.9. The van der Waals surface area contributed by atoms with Crippen LogP contribution in [0.2, 0.25) is 0 Å². The normalized spacial score (nSPS) is 22.8. The molecule has 1 N–H and O–H groups in total. The highest BCUT2D eigenvalue weighted by atomic mass is 35.5. The fourth-order valence-corrected chi connectivity index (χ4v) is 4.35. The molecule has 7 heteroatoms. The van der Waals surface area contributed by atoms with E-state index in [0.717, 1.165) is 37.4 Å². The van der Waals surface area contributed by atoms with Crippen molar-refractivity contribution in [1.82, 2.24) is 15.2 Å². The Morgan fingerprint density at radius 2 is 2.00 bits per heavy atom. The summed E-state index contributed by atoms with van der Waals surface area (Å²) in [5.74, 6) is 2.13. The number of hydrogen-bond donors (Lipinski definition) is 1. The molecule has 0 radical (unpaired) electrons. The molecule has 152 valence electrons. The van der Waals surface area contributed by atoms with Gasteiger partial charge in [0.1, 0.15) is 5.75 Å². The van der Waals surface area contributed by atoms with Crippen molar-refractivity contribution in [3.8, 4) is 5.75 Å². The van der Waals surface area contributed by atoms with Gasteiger partial charge in [0.15, 0.2) is 0 Å². The van der Waals surface area contributed by atoms with Crippen molar-refractivity contribution < 1.29 is 9.53 Å². The minimum atomic E-state index is 0. The molecule has 4 rings (SSSR count). The maximum Gasteiger partial charge on any atom is 0.223 e. The standard InChI is InChI=1S/C21H25N3O2.2ClH/c1-26-18-7-5-16(6-8-18)21-19-13-23-12-17(19)14-24(21)20(25)9-4-15-3-2-10-22-11-15;;/h2-3,5-8,10-11,17,19,21,23H,4,9,12-14H2,1H3;2*1H/t17-,19-,21+;;/m0../s1. The van der Waals surface area contributed by atoms with Crippen molar-refractivity contribution in [2.45, 2.75) is 18.9 Å². The molecule has 28 heavy (non-hydrogen) atoms. The zero-order valence-corrected chi connectivity index (χ0v) is 17.5. The second kappa shape index (κ2) is 10.1. The summed E-state index contributed by atoms with van der Waals surface area (Å²) in [4.78, 5) is 19.3. The van der Waals surface area contributed by atoms with Crippen molar-refractivity contribution in [3.63, 3.8) is 0 Å². The molecule has 2 aliphatic rings. The van der Waals surface area contributed by atoms with Crippen LogP contribution in [0.25, 0.3) is 0 Å². The van der Waals surface area contributed by atoms with Crippen molar-refractivity contribution >= 4 is 30.7 Å². The van der Waals surface area contributed by atoms with Crippen LogP contribution in [0.5, 0.6) is 5.75 Å². The van der Waals surface area contributed by atoms with E-state index in [0.29, 0.717) is 18.3 Å². The first-order valence-electron chi connectivity index (χ1n) is 9.29. The summed E-state index contributed by atoms with van der Waals surface area (Å²) in [6, 6.07) is 12.3. The Balaban J connectivity index is 0.00000140. The summed E-state index contributed by atoms with van der Waals surface area (Å²) in [5.41, 5.74) is 2.32. The van der Waals surface area contributed by atoms with E-state index in [1.807, 2.05) is 30.5 Å². The Kier molecular flexibility index (Phi) is 8.10. The number of likely N-dealkylation sites (tertiary alicyclic amines) is 1. The molecule has 2 fully saturated rings. The Morgan fingerprint density at radius 1 is 1.21 bits per heavy atom. The van der Waals surface area contributed by atoms with E-state index in [4.69, 9.17) is 4.74 Å². The molecular weight excluding hydrogens is 397 g/mol. The van der Waals surface area contributed by atoms with Gasteiger partial charge in [0.05, 0.1) is 13.2 Å². The van der Waals surface area contributed by atoms with Gasteiger partial charge in [-0.1, -0.05) is 18.2 Å². The van der Waals surface area contributed by atoms with E-state index in [1.54, 1.807) is 13.3 Å². The van der Waals surface area contributed by atoms with Gasteiger partial charge in [0.25, 0.3) is 0 Å². The number of rotatable bonds is 5. The number of amides is 1. The summed E-state index contributed by atoms with van der Waals surface area (Å²) in [6.45, 7) is 2.83. The van der Waals surface area contributed by atoms with Crippen LogP contribution in [0.3, 0.4) is 0 Å². The Bertz CT molecular complexity index is 758. The van der Waals surface area contributed by atoms with E-state index in [2.05, 4.69) is 27.3 Å². The average Bonchev–Trinajstić information content (AvgIpc) is 3.28. The second-order valence-electron chi connectivity index (χ2n) is 7.21. The number of hydrogen-bond acceptors (Lipinski definition) is 4. The van der Waals surface area contributed by atoms with Crippen LogP contribution in [-0.4, -0.2) is 42.5 Å². The molecule has 2 aromatic rings. The topological polar surface area (TPSA) is 54.5 Å². The minimum Gasteiger partial charge on any atom is -0.497 e. The van der Waals surface area contributed by atoms with Gasteiger partial charge in [0.2, 0.25) is 5.91 Å². The Morgan fingerprint density at radius 3 is 2.68 bits per heavy atom. The van der Waals surface area contributed by atoms with Gasteiger partial charge < -0.3 is 15.0 Å². The first-order chi connectivity index (χ1) is 12.8. The number of aryl methyl sites for hydroxylation is 1. The largest absolute Gasteiger partial charge is 0.497 e. The molecule has 0 spiro atoms. The van der Waals surface area contributed by atoms with Gasteiger partial charge in [-0.05, 0) is 41.7 Å². The fourth-order valence-electron chi connectivity index (χ4n) is 4.35. The van der Waals surface area contributed by atoms with Crippen molar-refractivity contribution in [3.05, 3.63) is 59.9 Å². The van der Waals surface area contributed by atoms with E-state index in [-0.39, 0.29) is 36.8 Å². The van der Waals surface area contributed by atoms with Crippen LogP contribution in [-0.2, 0) is 11.2 Å². The van der Waals surface area contributed by atoms with E-state index >= 15 is 0 Å². The first kappa shape index (κ1) is 22.5. The molecule has 0 saturated carbocycles. The highest BCUT2D eigenvalue weighted by Gasteiger charge is 2.46. The van der Waals surface area contributed by atoms with Crippen LogP contribution >= 0.6 is 24.8 Å². The SMILES string of the molecule is COc1ccc([C@@H]2[C@H]3CNC[C@H]3CN2C(=O)CCc2cccnc2)cc1.Cl.Cl. The number of fused-ring (bicyclic) bond motifs is 1. The Labute approximate surface area is 178 Å². The predicted molar refractivity (Wildman–Crippen MR) is 114 cm³/mol. The smallest absolute Gasteiger partial charge is 0.223 e. The molecular formula is C21H27Cl2N3O2. The number of aromatic nitrogens is 1. The molecule has 0 bridgehead atoms. The number of benzene rings is 1. The zero-order chi connectivity index (χ0) is 17.9. The third kappa shape index (κ3) is 4.59. The fraction of sp³-hybridized carbons (Fsp3) is 0.429. The highest BCUT2D eigenvalue weighted by Crippen LogP contribution is 2.43. The lowest BCUT2D eigenvalue weighted by Gasteiger charge is -2.28. The maximum absolute atomic E-state index is 13.0. The van der Waals surface area contributed by atoms with Gasteiger partial charge >= 0.3 is 0 Å². The van der Waals surface area contributed by atoms with Crippen LogP contribution in [0, 0.1) is 11.8 Å². The van der Waals surface area contributed by atoms with Crippen molar-refractivity contribution in [2.24, 2.45) is 11.8 Å². The summed E-state index contributed by atoms with van der Waals surface area (Å²) in [5, 5.41) is 3.49. The number of carbonyl (C=O) groups excluding carboxylic acids is 1. The summed E-state index contributed by atoms with van der Waals surface area (Å²) < 4.78 is 5.28. The third-order valence-corrected chi connectivity index (χ3v) is 5.69. The molecule has 0 aliphatic carbocycles. The molecule has 1 aromatic heterocycles. The molecule has 2 aliphatic heterocycles. The van der Waals surface area contributed by atoms with Gasteiger partial charge in [-0.3, -0.25) is 9.78 Å². The lowest BCUT2D eigenvalue weighted by molar-refractivity contribution is -0.132. The van der Waals surface area contributed by atoms with Gasteiger partial charge in [-0.15, -0.1) is 24.8 Å². The van der Waals surface area contributed by atoms with Crippen LogP contribution in [0.15, 0.2) is 48.8 Å². The Hall–Kier alpha value is -1.82. The van der Waals surface area contributed by atoms with Gasteiger partial charge in [-0.25, -0.2) is 0 Å². The first-order valence-corrected chi connectivity index (χ1v) is 9.29. The molecule has 0 unspecified atom stereocenters. The molecule has 5 nitrogen and oxygen atoms in total. The third-order valence-electron chi connectivity index (χ3n) is 5.69. The minimum absolute atomic E-state index is 0. The number of ether oxygens (including phenoxy) is 1. The number of methoxy groups -OCH3 is 1. The van der Waals surface area contributed by atoms with Crippen LogP contribution in [0.1, 0.15) is 23.6 Å². The highest BCUT2D eigenvalue weighted by molar-refractivity contribution is 5.85. The quantitative estimate of drug-likeness (QED) is 0.801. The second-order valence-corrected chi connectivity index (χ2v) is 7.21. The van der Waals surface area contributed by atoms with Crippen molar-refractivity contribution in [2.75, 3.05) is 26.7 Å². The number of nitrogens with zero attached hydrogens (tertiary/aromatic N) is 2. The van der Waals surface area contributed by atoms with Crippen LogP contribution in [0.4, 0.5) is 0 Å². The summed E-state index contributed by atoms with van der Waals surface area (Å²) >= 11 is 0. The molecule has 1 amide bonds. The maximum atomic E-state index is 13.0. The molecule has 3 heterocycles. The summed E-state index contributed by atoms with van der Waals surface area (Å²) in [7, 11) is 1.68. The lowest BCUT2D eigenvalue weighted by Crippen LogP contribution is -2.34. The lowest BCUT2D eigenvalue weighted by atomic mass is 9.89. The summed E-state index contributed by atoms with van der Waals surface area (Å²) in [6.07, 6.45) is 4.88.